The van der Waals surface area contributed by atoms with Gasteiger partial charge >= 0.3 is 0 Å². The van der Waals surface area contributed by atoms with E-state index in [2.05, 4.69) is 30.5 Å². The smallest absolute Gasteiger partial charge is 0.199 e. The number of aliphatic imine (C=N–C) groups is 1. The molecule has 116 valence electrons. The highest BCUT2D eigenvalue weighted by Gasteiger charge is 2.13. The van der Waals surface area contributed by atoms with Gasteiger partial charge in [0.05, 0.1) is 0 Å². The van der Waals surface area contributed by atoms with Crippen molar-refractivity contribution in [3.05, 3.63) is 30.2 Å². The van der Waals surface area contributed by atoms with Crippen molar-refractivity contribution < 1.29 is 0 Å². The highest BCUT2D eigenvalue weighted by Crippen LogP contribution is 2.17. The third-order valence-corrected chi connectivity index (χ3v) is 3.78. The Hall–Kier alpha value is -2.44. The molecule has 0 spiro atoms. The molecule has 3 rings (SSSR count). The zero-order chi connectivity index (χ0) is 15.2. The average molecular weight is 299 g/mol. The summed E-state index contributed by atoms with van der Waals surface area (Å²) in [7, 11) is 0. The first kappa shape index (κ1) is 14.5. The molecule has 0 amide bonds. The maximum Gasteiger partial charge on any atom is 0.199 e. The molecule has 0 aromatic carbocycles. The van der Waals surface area contributed by atoms with Crippen molar-refractivity contribution in [1.29, 1.82) is 0 Å². The Morgan fingerprint density at radius 2 is 2.18 bits per heavy atom. The van der Waals surface area contributed by atoms with Crippen LogP contribution in [0, 0.1) is 0 Å². The molecule has 0 aliphatic heterocycles. The number of hydrogen-bond donors (Lipinski definition) is 3. The Morgan fingerprint density at radius 1 is 1.32 bits per heavy atom. The van der Waals surface area contributed by atoms with Crippen molar-refractivity contribution in [2.75, 3.05) is 0 Å². The number of H-pyrrole nitrogens is 1. The lowest BCUT2D eigenvalue weighted by Crippen LogP contribution is -2.41. The minimum absolute atomic E-state index is 0.380. The van der Waals surface area contributed by atoms with E-state index in [-0.39, 0.29) is 0 Å². The monoisotopic (exact) mass is 299 g/mol. The van der Waals surface area contributed by atoms with Crippen LogP contribution in [0.15, 0.2) is 29.4 Å². The number of pyridine rings is 1. The fraction of sp³-hybridized carbons (Fsp3) is 0.467. The largest absolute Gasteiger partial charge is 0.370 e. The van der Waals surface area contributed by atoms with Gasteiger partial charge in [-0.25, -0.2) is 9.98 Å². The third kappa shape index (κ3) is 3.81. The predicted octanol–water partition coefficient (Wildman–Crippen LogP) is 1.60. The summed E-state index contributed by atoms with van der Waals surface area (Å²) >= 11 is 0. The summed E-state index contributed by atoms with van der Waals surface area (Å²) in [5.74, 6) is 1.72. The normalized spacial score (nSPS) is 16.6. The van der Waals surface area contributed by atoms with Gasteiger partial charge in [0, 0.05) is 12.2 Å². The topological polar surface area (TPSA) is 105 Å². The molecule has 1 aliphatic rings. The molecule has 2 heterocycles. The maximum absolute atomic E-state index is 5.93. The van der Waals surface area contributed by atoms with Gasteiger partial charge in [0.2, 0.25) is 0 Å². The van der Waals surface area contributed by atoms with E-state index in [4.69, 9.17) is 5.73 Å². The summed E-state index contributed by atoms with van der Waals surface area (Å²) in [6, 6.07) is 6.09. The molecular weight excluding hydrogens is 278 g/mol. The highest BCUT2D eigenvalue weighted by molar-refractivity contribution is 5.78. The number of nitrogens with two attached hydrogens (primary N) is 1. The highest BCUT2D eigenvalue weighted by atomic mass is 15.2. The molecule has 22 heavy (non-hydrogen) atoms. The van der Waals surface area contributed by atoms with E-state index >= 15 is 0 Å². The number of guanidine groups is 1. The standard InChI is InChI=1S/C15H21N7/c16-15(19-11-6-2-1-3-7-11)18-10-13-20-14(22-21-13)12-8-4-5-9-17-12/h4-5,8-9,11H,1-3,6-7,10H2,(H3,16,18,19)(H,20,21,22). The minimum Gasteiger partial charge on any atom is -0.370 e. The number of aromatic amines is 1. The van der Waals surface area contributed by atoms with Gasteiger partial charge in [0.1, 0.15) is 18.1 Å². The zero-order valence-electron chi connectivity index (χ0n) is 12.5. The molecule has 4 N–H and O–H groups in total. The van der Waals surface area contributed by atoms with Crippen LogP contribution in [-0.4, -0.2) is 32.2 Å². The van der Waals surface area contributed by atoms with Crippen molar-refractivity contribution in [3.63, 3.8) is 0 Å². The van der Waals surface area contributed by atoms with Crippen LogP contribution in [-0.2, 0) is 6.54 Å². The lowest BCUT2D eigenvalue weighted by Gasteiger charge is -2.23. The molecule has 1 fully saturated rings. The Morgan fingerprint density at radius 3 is 2.95 bits per heavy atom. The van der Waals surface area contributed by atoms with Gasteiger partial charge in [-0.3, -0.25) is 10.1 Å². The Balaban J connectivity index is 1.57. The number of aromatic nitrogens is 4. The first-order valence-corrected chi connectivity index (χ1v) is 7.70. The summed E-state index contributed by atoms with van der Waals surface area (Å²) in [5, 5.41) is 10.3. The number of hydrogen-bond acceptors (Lipinski definition) is 4. The molecule has 7 heteroatoms. The van der Waals surface area contributed by atoms with Crippen LogP contribution >= 0.6 is 0 Å². The van der Waals surface area contributed by atoms with Crippen molar-refractivity contribution in [3.8, 4) is 11.5 Å². The van der Waals surface area contributed by atoms with Crippen LogP contribution < -0.4 is 11.1 Å². The van der Waals surface area contributed by atoms with Crippen molar-refractivity contribution in [1.82, 2.24) is 25.5 Å². The Labute approximate surface area is 129 Å². The Kier molecular flexibility index (Phi) is 4.62. The molecule has 7 nitrogen and oxygen atoms in total. The van der Waals surface area contributed by atoms with E-state index in [1.807, 2.05) is 18.2 Å². The predicted molar refractivity (Wildman–Crippen MR) is 84.9 cm³/mol. The number of nitrogens with one attached hydrogen (secondary N) is 2. The summed E-state index contributed by atoms with van der Waals surface area (Å²) in [6.07, 6.45) is 7.91. The van der Waals surface area contributed by atoms with Gasteiger partial charge in [-0.2, -0.15) is 5.10 Å². The van der Waals surface area contributed by atoms with Crippen LogP contribution in [0.4, 0.5) is 0 Å². The van der Waals surface area contributed by atoms with E-state index in [1.54, 1.807) is 6.20 Å². The second-order valence-electron chi connectivity index (χ2n) is 5.50. The molecule has 2 aromatic rings. The third-order valence-electron chi connectivity index (χ3n) is 3.78. The van der Waals surface area contributed by atoms with E-state index in [1.165, 1.54) is 32.1 Å². The SMILES string of the molecule is NC(=NCc1nc(-c2ccccn2)n[nH]1)NC1CCCCC1. The van der Waals surface area contributed by atoms with Gasteiger partial charge in [-0.1, -0.05) is 25.3 Å². The first-order valence-electron chi connectivity index (χ1n) is 7.70. The van der Waals surface area contributed by atoms with Crippen LogP contribution in [0.1, 0.15) is 37.9 Å². The number of nitrogens with zero attached hydrogens (tertiary/aromatic N) is 4. The van der Waals surface area contributed by atoms with Gasteiger partial charge in [0.15, 0.2) is 11.8 Å². The maximum atomic E-state index is 5.93. The van der Waals surface area contributed by atoms with Gasteiger partial charge in [0.25, 0.3) is 0 Å². The van der Waals surface area contributed by atoms with Crippen LogP contribution in [0.5, 0.6) is 0 Å². The van der Waals surface area contributed by atoms with Gasteiger partial charge < -0.3 is 11.1 Å². The molecule has 0 bridgehead atoms. The zero-order valence-corrected chi connectivity index (χ0v) is 12.5. The lowest BCUT2D eigenvalue weighted by atomic mass is 9.96. The molecule has 0 radical (unpaired) electrons. The summed E-state index contributed by atoms with van der Waals surface area (Å²) in [5.41, 5.74) is 6.67. The molecule has 0 saturated heterocycles. The second-order valence-corrected chi connectivity index (χ2v) is 5.50. The van der Waals surface area contributed by atoms with Gasteiger partial charge in [-0.15, -0.1) is 0 Å². The van der Waals surface area contributed by atoms with Gasteiger partial charge in [-0.05, 0) is 25.0 Å². The molecule has 1 saturated carbocycles. The van der Waals surface area contributed by atoms with Crippen LogP contribution in [0.3, 0.4) is 0 Å². The Bertz CT molecular complexity index is 614. The lowest BCUT2D eigenvalue weighted by molar-refractivity contribution is 0.412. The van der Waals surface area contributed by atoms with Crippen molar-refractivity contribution in [2.45, 2.75) is 44.7 Å². The average Bonchev–Trinajstić information content (AvgIpc) is 3.04. The van der Waals surface area contributed by atoms with Crippen molar-refractivity contribution >= 4 is 5.96 Å². The molecule has 1 aliphatic carbocycles. The molecular formula is C15H21N7. The van der Waals surface area contributed by atoms with E-state index in [9.17, 15) is 0 Å². The van der Waals surface area contributed by atoms with E-state index < -0.39 is 0 Å². The van der Waals surface area contributed by atoms with Crippen molar-refractivity contribution in [2.24, 2.45) is 10.7 Å². The van der Waals surface area contributed by atoms with E-state index in [0.29, 0.717) is 30.2 Å². The van der Waals surface area contributed by atoms with E-state index in [0.717, 1.165) is 5.69 Å². The first-order chi connectivity index (χ1) is 10.8. The fourth-order valence-electron chi connectivity index (χ4n) is 2.64. The molecule has 0 atom stereocenters. The number of rotatable bonds is 4. The molecule has 2 aromatic heterocycles. The van der Waals surface area contributed by atoms with Crippen LogP contribution in [0.25, 0.3) is 11.5 Å². The summed E-state index contributed by atoms with van der Waals surface area (Å²) in [4.78, 5) is 12.9. The second kappa shape index (κ2) is 7.02. The van der Waals surface area contributed by atoms with Crippen LogP contribution in [0.2, 0.25) is 0 Å². The summed E-state index contributed by atoms with van der Waals surface area (Å²) < 4.78 is 0. The minimum atomic E-state index is 0.380. The quantitative estimate of drug-likeness (QED) is 0.587. The fourth-order valence-corrected chi connectivity index (χ4v) is 2.64. The molecule has 0 unspecified atom stereocenters. The summed E-state index contributed by atoms with van der Waals surface area (Å²) in [6.45, 7) is 0.380.